The van der Waals surface area contributed by atoms with Crippen molar-refractivity contribution < 1.29 is 14.4 Å². The summed E-state index contributed by atoms with van der Waals surface area (Å²) in [6.07, 6.45) is 1.76. The molecule has 1 rings (SSSR count). The number of amides is 3. The van der Waals surface area contributed by atoms with Gasteiger partial charge >= 0.3 is 0 Å². The van der Waals surface area contributed by atoms with Crippen LogP contribution < -0.4 is 11.1 Å². The van der Waals surface area contributed by atoms with Crippen LogP contribution in [0.4, 0.5) is 0 Å². The predicted molar refractivity (Wildman–Crippen MR) is 61.8 cm³/mol. The summed E-state index contributed by atoms with van der Waals surface area (Å²) in [7, 11) is 0. The number of rotatable bonds is 4. The van der Waals surface area contributed by atoms with E-state index in [1.807, 2.05) is 0 Å². The number of carbonyl (C=O) groups excluding carboxylic acids is 3. The first-order valence-corrected chi connectivity index (χ1v) is 5.74. The van der Waals surface area contributed by atoms with E-state index in [0.717, 1.165) is 6.42 Å². The number of imide groups is 1. The smallest absolute Gasteiger partial charge is 0.252 e. The predicted octanol–water partition coefficient (Wildman–Crippen LogP) is -0.621. The summed E-state index contributed by atoms with van der Waals surface area (Å²) in [4.78, 5) is 36.2. The summed E-state index contributed by atoms with van der Waals surface area (Å²) in [5, 5.41) is 2.23. The van der Waals surface area contributed by atoms with E-state index < -0.39 is 17.4 Å². The lowest BCUT2D eigenvalue weighted by atomic mass is 9.98. The molecule has 0 spiro atoms. The van der Waals surface area contributed by atoms with Crippen LogP contribution in [0, 0.1) is 0 Å². The molecular formula is C11H19N3O3. The number of piperazine rings is 1. The molecular weight excluding hydrogens is 222 g/mol. The molecule has 1 fully saturated rings. The third-order valence-electron chi connectivity index (χ3n) is 2.93. The van der Waals surface area contributed by atoms with Crippen LogP contribution in [0.25, 0.3) is 0 Å². The molecule has 1 saturated heterocycles. The maximum Gasteiger partial charge on any atom is 0.252 e. The molecule has 1 aliphatic heterocycles. The molecule has 0 aromatic carbocycles. The van der Waals surface area contributed by atoms with Crippen molar-refractivity contribution in [3.63, 3.8) is 0 Å². The SMILES string of the molecule is CC1(C)C(=O)NC(=O)CN1C(=O)CCCCN. The molecule has 0 aromatic heterocycles. The minimum absolute atomic E-state index is 0.0554. The molecule has 0 radical (unpaired) electrons. The molecule has 0 aromatic rings. The van der Waals surface area contributed by atoms with Gasteiger partial charge in [0, 0.05) is 6.42 Å². The van der Waals surface area contributed by atoms with E-state index in [0.29, 0.717) is 19.4 Å². The average Bonchev–Trinajstić information content (AvgIpc) is 2.24. The second-order valence-corrected chi connectivity index (χ2v) is 4.66. The van der Waals surface area contributed by atoms with Gasteiger partial charge in [-0.1, -0.05) is 0 Å². The second kappa shape index (κ2) is 5.27. The number of hydrogen-bond donors (Lipinski definition) is 2. The van der Waals surface area contributed by atoms with Gasteiger partial charge < -0.3 is 10.6 Å². The van der Waals surface area contributed by atoms with Crippen molar-refractivity contribution in [2.24, 2.45) is 5.73 Å². The van der Waals surface area contributed by atoms with Crippen LogP contribution in [-0.2, 0) is 14.4 Å². The van der Waals surface area contributed by atoms with E-state index in [1.54, 1.807) is 13.8 Å². The van der Waals surface area contributed by atoms with E-state index in [9.17, 15) is 14.4 Å². The van der Waals surface area contributed by atoms with Gasteiger partial charge in [0.25, 0.3) is 5.91 Å². The van der Waals surface area contributed by atoms with Gasteiger partial charge in [-0.15, -0.1) is 0 Å². The zero-order chi connectivity index (χ0) is 13.1. The van der Waals surface area contributed by atoms with Gasteiger partial charge in [0.2, 0.25) is 11.8 Å². The fourth-order valence-corrected chi connectivity index (χ4v) is 1.74. The molecule has 0 bridgehead atoms. The third-order valence-corrected chi connectivity index (χ3v) is 2.93. The van der Waals surface area contributed by atoms with Crippen molar-refractivity contribution in [3.05, 3.63) is 0 Å². The molecule has 0 unspecified atom stereocenters. The van der Waals surface area contributed by atoms with E-state index in [-0.39, 0.29) is 12.5 Å². The lowest BCUT2D eigenvalue weighted by Crippen LogP contribution is -2.65. The van der Waals surface area contributed by atoms with E-state index in [2.05, 4.69) is 5.32 Å². The number of unbranched alkanes of at least 4 members (excludes halogenated alkanes) is 1. The number of hydrogen-bond acceptors (Lipinski definition) is 4. The van der Waals surface area contributed by atoms with Gasteiger partial charge in [-0.3, -0.25) is 19.7 Å². The van der Waals surface area contributed by atoms with E-state index >= 15 is 0 Å². The molecule has 1 heterocycles. The standard InChI is InChI=1S/C11H19N3O3/c1-11(2)10(17)13-8(15)7-14(11)9(16)5-3-4-6-12/h3-7,12H2,1-2H3,(H,13,15,17). The maximum atomic E-state index is 11.9. The highest BCUT2D eigenvalue weighted by Gasteiger charge is 2.42. The van der Waals surface area contributed by atoms with Crippen LogP contribution >= 0.6 is 0 Å². The van der Waals surface area contributed by atoms with Crippen LogP contribution in [0.1, 0.15) is 33.1 Å². The molecule has 1 aliphatic rings. The van der Waals surface area contributed by atoms with Gasteiger partial charge in [-0.2, -0.15) is 0 Å². The normalized spacial score (nSPS) is 19.1. The summed E-state index contributed by atoms with van der Waals surface area (Å²) in [5.74, 6) is -1.03. The van der Waals surface area contributed by atoms with Crippen molar-refractivity contribution >= 4 is 17.7 Å². The molecule has 6 heteroatoms. The number of nitrogens with one attached hydrogen (secondary N) is 1. The van der Waals surface area contributed by atoms with Crippen molar-refractivity contribution in [1.82, 2.24) is 10.2 Å². The van der Waals surface area contributed by atoms with Crippen molar-refractivity contribution in [2.75, 3.05) is 13.1 Å². The average molecular weight is 241 g/mol. The summed E-state index contributed by atoms with van der Waals surface area (Å²) < 4.78 is 0. The third kappa shape index (κ3) is 3.03. The van der Waals surface area contributed by atoms with Gasteiger partial charge in [0.1, 0.15) is 12.1 Å². The van der Waals surface area contributed by atoms with Gasteiger partial charge in [0.15, 0.2) is 0 Å². The van der Waals surface area contributed by atoms with Crippen molar-refractivity contribution in [1.29, 1.82) is 0 Å². The Morgan fingerprint density at radius 2 is 2.06 bits per heavy atom. The fraction of sp³-hybridized carbons (Fsp3) is 0.727. The van der Waals surface area contributed by atoms with Crippen LogP contribution in [0.15, 0.2) is 0 Å². The monoisotopic (exact) mass is 241 g/mol. The Kier molecular flexibility index (Phi) is 4.22. The minimum atomic E-state index is -0.965. The van der Waals surface area contributed by atoms with Crippen molar-refractivity contribution in [3.8, 4) is 0 Å². The summed E-state index contributed by atoms with van der Waals surface area (Å²) >= 11 is 0. The first-order chi connectivity index (χ1) is 7.89. The maximum absolute atomic E-state index is 11.9. The summed E-state index contributed by atoms with van der Waals surface area (Å²) in [6.45, 7) is 3.75. The first kappa shape index (κ1) is 13.6. The summed E-state index contributed by atoms with van der Waals surface area (Å²) in [5.41, 5.74) is 4.38. The van der Waals surface area contributed by atoms with Crippen molar-refractivity contribution in [2.45, 2.75) is 38.6 Å². The van der Waals surface area contributed by atoms with Crippen LogP contribution in [0.5, 0.6) is 0 Å². The molecule has 0 atom stereocenters. The van der Waals surface area contributed by atoms with E-state index in [4.69, 9.17) is 5.73 Å². The highest BCUT2D eigenvalue weighted by atomic mass is 16.2. The van der Waals surface area contributed by atoms with Crippen LogP contribution in [0.3, 0.4) is 0 Å². The first-order valence-electron chi connectivity index (χ1n) is 5.74. The Balaban J connectivity index is 2.69. The largest absolute Gasteiger partial charge is 0.330 e. The molecule has 3 N–H and O–H groups in total. The highest BCUT2D eigenvalue weighted by Crippen LogP contribution is 2.19. The quantitative estimate of drug-likeness (QED) is 0.506. The Hall–Kier alpha value is -1.43. The molecule has 96 valence electrons. The second-order valence-electron chi connectivity index (χ2n) is 4.66. The van der Waals surface area contributed by atoms with Gasteiger partial charge in [-0.05, 0) is 33.2 Å². The minimum Gasteiger partial charge on any atom is -0.330 e. The Labute approximate surface area is 101 Å². The fourth-order valence-electron chi connectivity index (χ4n) is 1.74. The zero-order valence-corrected chi connectivity index (χ0v) is 10.3. The number of carbonyl (C=O) groups is 3. The molecule has 17 heavy (non-hydrogen) atoms. The topological polar surface area (TPSA) is 92.5 Å². The molecule has 0 aliphatic carbocycles. The Bertz CT molecular complexity index is 339. The Morgan fingerprint density at radius 1 is 1.41 bits per heavy atom. The highest BCUT2D eigenvalue weighted by molar-refractivity contribution is 6.06. The molecule has 0 saturated carbocycles. The van der Waals surface area contributed by atoms with Crippen LogP contribution in [-0.4, -0.2) is 41.2 Å². The molecule has 3 amide bonds. The number of nitrogens with two attached hydrogens (primary N) is 1. The molecule has 6 nitrogen and oxygen atoms in total. The summed E-state index contributed by atoms with van der Waals surface area (Å²) in [6, 6.07) is 0. The zero-order valence-electron chi connectivity index (χ0n) is 10.3. The lowest BCUT2D eigenvalue weighted by Gasteiger charge is -2.40. The number of nitrogens with zero attached hydrogens (tertiary/aromatic N) is 1. The van der Waals surface area contributed by atoms with E-state index in [1.165, 1.54) is 4.90 Å². The Morgan fingerprint density at radius 3 is 2.65 bits per heavy atom. The van der Waals surface area contributed by atoms with Gasteiger partial charge in [0.05, 0.1) is 0 Å². The van der Waals surface area contributed by atoms with Crippen LogP contribution in [0.2, 0.25) is 0 Å². The lowest BCUT2D eigenvalue weighted by molar-refractivity contribution is -0.155. The van der Waals surface area contributed by atoms with Gasteiger partial charge in [-0.25, -0.2) is 0 Å².